The summed E-state index contributed by atoms with van der Waals surface area (Å²) in [5.41, 5.74) is 2.06. The fourth-order valence-corrected chi connectivity index (χ4v) is 2.99. The van der Waals surface area contributed by atoms with Crippen LogP contribution in [-0.2, 0) is 6.54 Å². The molecule has 0 fully saturated rings. The van der Waals surface area contributed by atoms with Gasteiger partial charge in [0.05, 0.1) is 16.3 Å². The van der Waals surface area contributed by atoms with Crippen LogP contribution in [0.25, 0.3) is 5.69 Å². The van der Waals surface area contributed by atoms with Gasteiger partial charge in [-0.15, -0.1) is 0 Å². The lowest BCUT2D eigenvalue weighted by Crippen LogP contribution is -2.26. The highest BCUT2D eigenvalue weighted by molar-refractivity contribution is 6.35. The van der Waals surface area contributed by atoms with Crippen LogP contribution in [0.3, 0.4) is 0 Å². The van der Waals surface area contributed by atoms with Crippen molar-refractivity contribution in [3.05, 3.63) is 87.7 Å². The van der Waals surface area contributed by atoms with Crippen molar-refractivity contribution >= 4 is 29.1 Å². The SMILES string of the molecule is N#Cc1ccn(-c2ccc(Cl)cc2Cl)c1C(=O)NCc1ccccc1. The molecule has 0 aliphatic carbocycles. The number of hydrogen-bond donors (Lipinski definition) is 1. The second-order valence-corrected chi connectivity index (χ2v) is 6.17. The van der Waals surface area contributed by atoms with E-state index in [0.717, 1.165) is 5.56 Å². The number of hydrogen-bond acceptors (Lipinski definition) is 2. The molecule has 3 aromatic rings. The lowest BCUT2D eigenvalue weighted by molar-refractivity contribution is 0.0944. The van der Waals surface area contributed by atoms with Gasteiger partial charge < -0.3 is 9.88 Å². The molecule has 1 amide bonds. The van der Waals surface area contributed by atoms with Crippen molar-refractivity contribution in [3.63, 3.8) is 0 Å². The highest BCUT2D eigenvalue weighted by Gasteiger charge is 2.19. The Balaban J connectivity index is 1.93. The first-order valence-corrected chi connectivity index (χ1v) is 8.24. The molecule has 0 aliphatic rings. The van der Waals surface area contributed by atoms with Crippen LogP contribution >= 0.6 is 23.2 Å². The predicted octanol–water partition coefficient (Wildman–Crippen LogP) is 4.59. The zero-order chi connectivity index (χ0) is 17.8. The minimum absolute atomic E-state index is 0.239. The largest absolute Gasteiger partial charge is 0.347 e. The molecule has 6 heteroatoms. The van der Waals surface area contributed by atoms with Gasteiger partial charge >= 0.3 is 0 Å². The van der Waals surface area contributed by atoms with Gasteiger partial charge in [-0.1, -0.05) is 53.5 Å². The number of rotatable bonds is 4. The summed E-state index contributed by atoms with van der Waals surface area (Å²) in [5.74, 6) is -0.351. The van der Waals surface area contributed by atoms with E-state index in [2.05, 4.69) is 5.32 Å². The van der Waals surface area contributed by atoms with E-state index in [1.54, 1.807) is 35.0 Å². The van der Waals surface area contributed by atoms with Crippen molar-refractivity contribution in [1.82, 2.24) is 9.88 Å². The Morgan fingerprint density at radius 1 is 1.12 bits per heavy atom. The fraction of sp³-hybridized carbons (Fsp3) is 0.0526. The smallest absolute Gasteiger partial charge is 0.269 e. The first kappa shape index (κ1) is 17.1. The molecule has 4 nitrogen and oxygen atoms in total. The zero-order valence-electron chi connectivity index (χ0n) is 13.0. The molecule has 2 aromatic carbocycles. The Labute approximate surface area is 155 Å². The van der Waals surface area contributed by atoms with Crippen LogP contribution in [0.1, 0.15) is 21.6 Å². The van der Waals surface area contributed by atoms with Crippen molar-refractivity contribution in [2.24, 2.45) is 0 Å². The van der Waals surface area contributed by atoms with Crippen molar-refractivity contribution < 1.29 is 4.79 Å². The molecule has 0 unspecified atom stereocenters. The predicted molar refractivity (Wildman–Crippen MR) is 98.1 cm³/mol. The maximum atomic E-state index is 12.7. The van der Waals surface area contributed by atoms with E-state index in [9.17, 15) is 10.1 Å². The quantitative estimate of drug-likeness (QED) is 0.731. The minimum Gasteiger partial charge on any atom is -0.347 e. The Kier molecular flexibility index (Phi) is 5.08. The first-order valence-electron chi connectivity index (χ1n) is 7.49. The third-order valence-electron chi connectivity index (χ3n) is 3.69. The molecule has 0 bridgehead atoms. The van der Waals surface area contributed by atoms with E-state index < -0.39 is 0 Å². The van der Waals surface area contributed by atoms with Crippen LogP contribution in [0.15, 0.2) is 60.8 Å². The molecule has 1 heterocycles. The normalized spacial score (nSPS) is 10.3. The Hall–Kier alpha value is -2.74. The molecule has 0 atom stereocenters. The van der Waals surface area contributed by atoms with Gasteiger partial charge in [-0.2, -0.15) is 5.26 Å². The third kappa shape index (κ3) is 3.69. The minimum atomic E-state index is -0.351. The molecule has 0 saturated carbocycles. The number of nitrogens with one attached hydrogen (secondary N) is 1. The number of carbonyl (C=O) groups is 1. The van der Waals surface area contributed by atoms with Gasteiger partial charge in [-0.05, 0) is 29.8 Å². The number of aromatic nitrogens is 1. The Morgan fingerprint density at radius 3 is 2.56 bits per heavy atom. The average Bonchev–Trinajstić information content (AvgIpc) is 3.04. The molecule has 0 spiro atoms. The molecular formula is C19H13Cl2N3O. The molecule has 0 saturated heterocycles. The van der Waals surface area contributed by atoms with Crippen molar-refractivity contribution in [1.29, 1.82) is 5.26 Å². The molecule has 0 aliphatic heterocycles. The van der Waals surface area contributed by atoms with Crippen LogP contribution in [0.5, 0.6) is 0 Å². The van der Waals surface area contributed by atoms with Crippen LogP contribution < -0.4 is 5.32 Å². The molecule has 1 N–H and O–H groups in total. The van der Waals surface area contributed by atoms with Crippen molar-refractivity contribution in [2.45, 2.75) is 6.54 Å². The first-order chi connectivity index (χ1) is 12.1. The van der Waals surface area contributed by atoms with Crippen molar-refractivity contribution in [3.8, 4) is 11.8 Å². The number of nitriles is 1. The van der Waals surface area contributed by atoms with E-state index in [4.69, 9.17) is 23.2 Å². The second-order valence-electron chi connectivity index (χ2n) is 5.32. The second kappa shape index (κ2) is 7.43. The van der Waals surface area contributed by atoms with Crippen LogP contribution in [0.4, 0.5) is 0 Å². The zero-order valence-corrected chi connectivity index (χ0v) is 14.6. The highest BCUT2D eigenvalue weighted by atomic mass is 35.5. The topological polar surface area (TPSA) is 57.8 Å². The molecule has 124 valence electrons. The molecular weight excluding hydrogens is 357 g/mol. The van der Waals surface area contributed by atoms with E-state index >= 15 is 0 Å². The summed E-state index contributed by atoms with van der Waals surface area (Å²) in [6.07, 6.45) is 1.64. The average molecular weight is 370 g/mol. The summed E-state index contributed by atoms with van der Waals surface area (Å²) < 4.78 is 1.59. The van der Waals surface area contributed by atoms with Gasteiger partial charge in [-0.3, -0.25) is 4.79 Å². The number of nitrogens with zero attached hydrogens (tertiary/aromatic N) is 2. The Morgan fingerprint density at radius 2 is 1.88 bits per heavy atom. The highest BCUT2D eigenvalue weighted by Crippen LogP contribution is 2.27. The summed E-state index contributed by atoms with van der Waals surface area (Å²) in [6, 6.07) is 18.2. The lowest BCUT2D eigenvalue weighted by Gasteiger charge is -2.12. The van der Waals surface area contributed by atoms with Gasteiger partial charge in [0.15, 0.2) is 0 Å². The van der Waals surface area contributed by atoms with E-state index in [1.807, 2.05) is 36.4 Å². The van der Waals surface area contributed by atoms with Crippen LogP contribution in [0, 0.1) is 11.3 Å². The lowest BCUT2D eigenvalue weighted by atomic mass is 10.2. The maximum absolute atomic E-state index is 12.7. The number of carbonyl (C=O) groups excluding carboxylic acids is 1. The van der Waals surface area contributed by atoms with Gasteiger partial charge in [0.1, 0.15) is 11.8 Å². The summed E-state index contributed by atoms with van der Waals surface area (Å²) in [6.45, 7) is 0.365. The van der Waals surface area contributed by atoms with Crippen LogP contribution in [0.2, 0.25) is 10.0 Å². The fourth-order valence-electron chi connectivity index (χ4n) is 2.49. The van der Waals surface area contributed by atoms with E-state index in [0.29, 0.717) is 22.3 Å². The Bertz CT molecular complexity index is 959. The van der Waals surface area contributed by atoms with Crippen LogP contribution in [-0.4, -0.2) is 10.5 Å². The van der Waals surface area contributed by atoms with Gasteiger partial charge in [0.2, 0.25) is 0 Å². The summed E-state index contributed by atoms with van der Waals surface area (Å²) in [7, 11) is 0. The van der Waals surface area contributed by atoms with E-state index in [1.165, 1.54) is 0 Å². The van der Waals surface area contributed by atoms with Gasteiger partial charge in [-0.25, -0.2) is 0 Å². The number of halogens is 2. The molecule has 3 rings (SSSR count). The maximum Gasteiger partial charge on any atom is 0.269 e. The molecule has 0 radical (unpaired) electrons. The third-order valence-corrected chi connectivity index (χ3v) is 4.22. The standard InChI is InChI=1S/C19H13Cl2N3O/c20-15-6-7-17(16(21)10-15)24-9-8-14(11-22)18(24)19(25)23-12-13-4-2-1-3-5-13/h1-10H,12H2,(H,23,25). The monoisotopic (exact) mass is 369 g/mol. The molecule has 1 aromatic heterocycles. The summed E-state index contributed by atoms with van der Waals surface area (Å²) >= 11 is 12.2. The summed E-state index contributed by atoms with van der Waals surface area (Å²) in [5, 5.41) is 13.1. The number of amides is 1. The summed E-state index contributed by atoms with van der Waals surface area (Å²) in [4.78, 5) is 12.7. The van der Waals surface area contributed by atoms with Crippen molar-refractivity contribution in [2.75, 3.05) is 0 Å². The van der Waals surface area contributed by atoms with Gasteiger partial charge in [0, 0.05) is 17.8 Å². The number of benzene rings is 2. The molecule has 25 heavy (non-hydrogen) atoms. The van der Waals surface area contributed by atoms with E-state index in [-0.39, 0.29) is 17.2 Å². The van der Waals surface area contributed by atoms with Gasteiger partial charge in [0.25, 0.3) is 5.91 Å².